The van der Waals surface area contributed by atoms with Gasteiger partial charge in [0.25, 0.3) is 0 Å². The number of hydrogen-bond donors (Lipinski definition) is 2. The topological polar surface area (TPSA) is 35.5 Å². The van der Waals surface area contributed by atoms with Gasteiger partial charge in [0.15, 0.2) is 0 Å². The number of rotatable bonds is 5. The van der Waals surface area contributed by atoms with Gasteiger partial charge in [-0.1, -0.05) is 17.7 Å². The van der Waals surface area contributed by atoms with Crippen LogP contribution in [0.2, 0.25) is 5.02 Å². The Kier molecular flexibility index (Phi) is 4.72. The van der Waals surface area contributed by atoms with E-state index in [0.29, 0.717) is 5.92 Å². The maximum Gasteiger partial charge on any atom is 0.0541 e. The molecule has 116 valence electrons. The molecule has 0 amide bonds. The standard InChI is InChI=1S/C17H25ClN2O/c1-12(21)13-6-8-20(9-7-13)17-10-15(18)3-2-14(17)11-19-16-4-5-16/h2-3,10,12-13,16,19,21H,4-9,11H2,1H3. The van der Waals surface area contributed by atoms with Crippen molar-refractivity contribution in [2.24, 2.45) is 5.92 Å². The highest BCUT2D eigenvalue weighted by molar-refractivity contribution is 6.30. The van der Waals surface area contributed by atoms with Crippen LogP contribution in [0, 0.1) is 5.92 Å². The van der Waals surface area contributed by atoms with E-state index in [9.17, 15) is 5.11 Å². The average Bonchev–Trinajstić information content (AvgIpc) is 3.30. The van der Waals surface area contributed by atoms with Crippen LogP contribution in [0.15, 0.2) is 18.2 Å². The predicted octanol–water partition coefficient (Wildman–Crippen LogP) is 3.19. The van der Waals surface area contributed by atoms with Crippen LogP contribution in [-0.2, 0) is 6.54 Å². The molecule has 0 spiro atoms. The minimum atomic E-state index is -0.192. The molecule has 1 atom stereocenters. The first-order valence-electron chi connectivity index (χ1n) is 8.08. The summed E-state index contributed by atoms with van der Waals surface area (Å²) < 4.78 is 0. The maximum absolute atomic E-state index is 9.74. The summed E-state index contributed by atoms with van der Waals surface area (Å²) in [6.45, 7) is 4.84. The van der Waals surface area contributed by atoms with Crippen LogP contribution in [0.25, 0.3) is 0 Å². The minimum absolute atomic E-state index is 0.192. The van der Waals surface area contributed by atoms with E-state index in [2.05, 4.69) is 22.3 Å². The molecular weight excluding hydrogens is 284 g/mol. The van der Waals surface area contributed by atoms with Gasteiger partial charge in [0.05, 0.1) is 6.10 Å². The van der Waals surface area contributed by atoms with Crippen molar-refractivity contribution in [3.63, 3.8) is 0 Å². The Morgan fingerprint density at radius 2 is 2.00 bits per heavy atom. The number of aliphatic hydroxyl groups excluding tert-OH is 1. The van der Waals surface area contributed by atoms with Crippen LogP contribution in [0.5, 0.6) is 0 Å². The molecule has 2 N–H and O–H groups in total. The van der Waals surface area contributed by atoms with Crippen LogP contribution in [0.4, 0.5) is 5.69 Å². The quantitative estimate of drug-likeness (QED) is 0.877. The van der Waals surface area contributed by atoms with E-state index in [-0.39, 0.29) is 6.10 Å². The number of halogens is 1. The smallest absolute Gasteiger partial charge is 0.0541 e. The Morgan fingerprint density at radius 3 is 2.62 bits per heavy atom. The number of hydrogen-bond acceptors (Lipinski definition) is 3. The van der Waals surface area contributed by atoms with Gasteiger partial charge in [-0.2, -0.15) is 0 Å². The Hall–Kier alpha value is -0.770. The molecule has 1 saturated heterocycles. The highest BCUT2D eigenvalue weighted by Gasteiger charge is 2.25. The molecule has 1 saturated carbocycles. The van der Waals surface area contributed by atoms with E-state index in [1.807, 2.05) is 13.0 Å². The van der Waals surface area contributed by atoms with Gasteiger partial charge in [-0.25, -0.2) is 0 Å². The zero-order valence-corrected chi connectivity index (χ0v) is 13.4. The molecule has 0 bridgehead atoms. The molecule has 1 aliphatic heterocycles. The van der Waals surface area contributed by atoms with E-state index in [4.69, 9.17) is 11.6 Å². The summed E-state index contributed by atoms with van der Waals surface area (Å²) in [6, 6.07) is 6.94. The van der Waals surface area contributed by atoms with E-state index in [0.717, 1.165) is 43.5 Å². The summed E-state index contributed by atoms with van der Waals surface area (Å²) >= 11 is 6.20. The van der Waals surface area contributed by atoms with Crippen LogP contribution in [0.1, 0.15) is 38.2 Å². The second-order valence-corrected chi connectivity index (χ2v) is 6.93. The highest BCUT2D eigenvalue weighted by atomic mass is 35.5. The number of aliphatic hydroxyl groups is 1. The predicted molar refractivity (Wildman–Crippen MR) is 87.9 cm³/mol. The molecule has 3 rings (SSSR count). The van der Waals surface area contributed by atoms with Crippen molar-refractivity contribution >= 4 is 17.3 Å². The summed E-state index contributed by atoms with van der Waals surface area (Å²) in [5.41, 5.74) is 2.60. The molecular formula is C17H25ClN2O. The summed E-state index contributed by atoms with van der Waals surface area (Å²) in [7, 11) is 0. The monoisotopic (exact) mass is 308 g/mol. The van der Waals surface area contributed by atoms with Crippen molar-refractivity contribution in [1.82, 2.24) is 5.32 Å². The number of benzene rings is 1. The second kappa shape index (κ2) is 6.55. The van der Waals surface area contributed by atoms with E-state index in [1.165, 1.54) is 24.1 Å². The Labute approximate surface area is 132 Å². The van der Waals surface area contributed by atoms with Crippen molar-refractivity contribution in [3.8, 4) is 0 Å². The summed E-state index contributed by atoms with van der Waals surface area (Å²) in [4.78, 5) is 2.43. The Bertz CT molecular complexity index is 480. The lowest BCUT2D eigenvalue weighted by Crippen LogP contribution is -2.37. The number of nitrogens with zero attached hydrogens (tertiary/aromatic N) is 1. The third-order valence-corrected chi connectivity index (χ3v) is 5.00. The van der Waals surface area contributed by atoms with E-state index < -0.39 is 0 Å². The molecule has 2 fully saturated rings. The first kappa shape index (κ1) is 15.1. The first-order chi connectivity index (χ1) is 10.1. The summed E-state index contributed by atoms with van der Waals surface area (Å²) in [5, 5.41) is 14.1. The largest absolute Gasteiger partial charge is 0.393 e. The molecule has 3 nitrogen and oxygen atoms in total. The van der Waals surface area contributed by atoms with Crippen LogP contribution in [0.3, 0.4) is 0 Å². The highest BCUT2D eigenvalue weighted by Crippen LogP contribution is 2.30. The fraction of sp³-hybridized carbons (Fsp3) is 0.647. The van der Waals surface area contributed by atoms with Gasteiger partial charge >= 0.3 is 0 Å². The fourth-order valence-corrected chi connectivity index (χ4v) is 3.31. The summed E-state index contributed by atoms with van der Waals surface area (Å²) in [5.74, 6) is 0.438. The Balaban J connectivity index is 1.69. The van der Waals surface area contributed by atoms with Gasteiger partial charge in [-0.15, -0.1) is 0 Å². The molecule has 1 aliphatic carbocycles. The molecule has 4 heteroatoms. The van der Waals surface area contributed by atoms with Gasteiger partial charge in [0.1, 0.15) is 0 Å². The van der Waals surface area contributed by atoms with Gasteiger partial charge in [0.2, 0.25) is 0 Å². The van der Waals surface area contributed by atoms with Crippen molar-refractivity contribution in [3.05, 3.63) is 28.8 Å². The lowest BCUT2D eigenvalue weighted by molar-refractivity contribution is 0.110. The van der Waals surface area contributed by atoms with Gasteiger partial charge < -0.3 is 15.3 Å². The van der Waals surface area contributed by atoms with Crippen molar-refractivity contribution < 1.29 is 5.11 Å². The average molecular weight is 309 g/mol. The normalized spacial score (nSPS) is 21.6. The molecule has 1 aromatic rings. The van der Waals surface area contributed by atoms with Crippen molar-refractivity contribution in [1.29, 1.82) is 0 Å². The van der Waals surface area contributed by atoms with Gasteiger partial charge in [-0.05, 0) is 56.2 Å². The number of piperidine rings is 1. The molecule has 1 unspecified atom stereocenters. The van der Waals surface area contributed by atoms with E-state index in [1.54, 1.807) is 0 Å². The first-order valence-corrected chi connectivity index (χ1v) is 8.46. The van der Waals surface area contributed by atoms with Crippen LogP contribution < -0.4 is 10.2 Å². The molecule has 1 heterocycles. The molecule has 1 aromatic carbocycles. The number of anilines is 1. The maximum atomic E-state index is 9.74. The fourth-order valence-electron chi connectivity index (χ4n) is 3.15. The molecule has 2 aliphatic rings. The minimum Gasteiger partial charge on any atom is -0.393 e. The van der Waals surface area contributed by atoms with E-state index >= 15 is 0 Å². The molecule has 21 heavy (non-hydrogen) atoms. The SMILES string of the molecule is CC(O)C1CCN(c2cc(Cl)ccc2CNC2CC2)CC1. The van der Waals surface area contributed by atoms with Gasteiger partial charge in [-0.3, -0.25) is 0 Å². The molecule has 0 radical (unpaired) electrons. The van der Waals surface area contributed by atoms with Crippen LogP contribution in [-0.4, -0.2) is 30.3 Å². The molecule has 0 aromatic heterocycles. The van der Waals surface area contributed by atoms with Crippen molar-refractivity contribution in [2.45, 2.75) is 51.3 Å². The lowest BCUT2D eigenvalue weighted by Gasteiger charge is -2.36. The third kappa shape index (κ3) is 3.91. The lowest BCUT2D eigenvalue weighted by atomic mass is 9.91. The van der Waals surface area contributed by atoms with Crippen LogP contribution >= 0.6 is 11.6 Å². The zero-order valence-electron chi connectivity index (χ0n) is 12.7. The van der Waals surface area contributed by atoms with Crippen molar-refractivity contribution in [2.75, 3.05) is 18.0 Å². The Morgan fingerprint density at radius 1 is 1.29 bits per heavy atom. The summed E-state index contributed by atoms with van der Waals surface area (Å²) in [6.07, 6.45) is 4.53. The van der Waals surface area contributed by atoms with Gasteiger partial charge in [0, 0.05) is 36.4 Å². The number of nitrogens with one attached hydrogen (secondary N) is 1. The third-order valence-electron chi connectivity index (χ3n) is 4.77. The zero-order chi connectivity index (χ0) is 14.8. The second-order valence-electron chi connectivity index (χ2n) is 6.49.